The summed E-state index contributed by atoms with van der Waals surface area (Å²) >= 11 is 0. The number of nitrogens with one attached hydrogen (secondary N) is 2. The lowest BCUT2D eigenvalue weighted by Gasteiger charge is -2.25. The molecule has 6 nitrogen and oxygen atoms in total. The molecule has 0 spiro atoms. The van der Waals surface area contributed by atoms with E-state index in [2.05, 4.69) is 10.6 Å². The molecule has 1 aliphatic rings. The Bertz CT molecular complexity index is 830. The maximum atomic E-state index is 12.6. The fourth-order valence-corrected chi connectivity index (χ4v) is 4.43. The molecule has 1 heterocycles. The molecular formula is C19H23N3O3S. The quantitative estimate of drug-likeness (QED) is 0.816. The van der Waals surface area contributed by atoms with Crippen LogP contribution in [-0.2, 0) is 14.8 Å². The summed E-state index contributed by atoms with van der Waals surface area (Å²) in [5.41, 5.74) is 1.44. The summed E-state index contributed by atoms with van der Waals surface area (Å²) < 4.78 is 26.8. The average molecular weight is 373 g/mol. The Morgan fingerprint density at radius 2 is 1.54 bits per heavy atom. The average Bonchev–Trinajstić information content (AvgIpc) is 2.68. The fourth-order valence-electron chi connectivity index (χ4n) is 2.91. The van der Waals surface area contributed by atoms with Gasteiger partial charge in [0.25, 0.3) is 0 Å². The van der Waals surface area contributed by atoms with Gasteiger partial charge in [-0.15, -0.1) is 0 Å². The molecular weight excluding hydrogens is 350 g/mol. The van der Waals surface area contributed by atoms with Crippen molar-refractivity contribution in [3.05, 3.63) is 54.6 Å². The van der Waals surface area contributed by atoms with Gasteiger partial charge in [0.15, 0.2) is 0 Å². The highest BCUT2D eigenvalue weighted by molar-refractivity contribution is 7.89. The van der Waals surface area contributed by atoms with Gasteiger partial charge in [-0.2, -0.15) is 4.31 Å². The number of anilines is 2. The second-order valence-corrected chi connectivity index (χ2v) is 8.19. The molecule has 0 aliphatic carbocycles. The Labute approximate surface area is 154 Å². The van der Waals surface area contributed by atoms with Gasteiger partial charge in [-0.1, -0.05) is 24.6 Å². The molecule has 138 valence electrons. The number of carbonyl (C=O) groups excluding carboxylic acids is 1. The van der Waals surface area contributed by atoms with Crippen molar-refractivity contribution in [3.8, 4) is 0 Å². The van der Waals surface area contributed by atoms with E-state index in [1.807, 2.05) is 30.3 Å². The zero-order valence-electron chi connectivity index (χ0n) is 14.5. The number of amides is 1. The summed E-state index contributed by atoms with van der Waals surface area (Å²) in [5.74, 6) is -0.166. The molecule has 2 aromatic rings. The number of carbonyl (C=O) groups is 1. The molecule has 1 fully saturated rings. The summed E-state index contributed by atoms with van der Waals surface area (Å²) in [6.45, 7) is 1.27. The van der Waals surface area contributed by atoms with Gasteiger partial charge in [-0.25, -0.2) is 8.42 Å². The van der Waals surface area contributed by atoms with E-state index in [0.717, 1.165) is 24.9 Å². The van der Waals surface area contributed by atoms with Gasteiger partial charge < -0.3 is 10.6 Å². The molecule has 7 heteroatoms. The van der Waals surface area contributed by atoms with E-state index < -0.39 is 10.0 Å². The van der Waals surface area contributed by atoms with Crippen LogP contribution >= 0.6 is 0 Å². The standard InChI is InChI=1S/C19H23N3O3S/c23-19(21-17-7-3-1-4-8-17)15-20-16-9-11-18(12-10-16)26(24,25)22-13-5-2-6-14-22/h1,3-4,7-12,20H,2,5-6,13-15H2,(H,21,23). The minimum absolute atomic E-state index is 0.104. The van der Waals surface area contributed by atoms with Crippen LogP contribution in [0.15, 0.2) is 59.5 Å². The fraction of sp³-hybridized carbons (Fsp3) is 0.316. The zero-order valence-corrected chi connectivity index (χ0v) is 15.3. The van der Waals surface area contributed by atoms with Gasteiger partial charge in [0.05, 0.1) is 11.4 Å². The van der Waals surface area contributed by atoms with E-state index in [4.69, 9.17) is 0 Å². The summed E-state index contributed by atoms with van der Waals surface area (Å²) in [5, 5.41) is 5.79. The number of sulfonamides is 1. The second-order valence-electron chi connectivity index (χ2n) is 6.26. The van der Waals surface area contributed by atoms with E-state index in [1.54, 1.807) is 28.6 Å². The van der Waals surface area contributed by atoms with Crippen LogP contribution in [0, 0.1) is 0 Å². The smallest absolute Gasteiger partial charge is 0.243 e. The molecule has 0 atom stereocenters. The Kier molecular flexibility index (Phi) is 5.90. The van der Waals surface area contributed by atoms with Gasteiger partial charge >= 0.3 is 0 Å². The van der Waals surface area contributed by atoms with Crippen LogP contribution in [0.3, 0.4) is 0 Å². The molecule has 0 saturated carbocycles. The van der Waals surface area contributed by atoms with Gasteiger partial charge in [0.2, 0.25) is 15.9 Å². The second kappa shape index (κ2) is 8.33. The van der Waals surface area contributed by atoms with Crippen molar-refractivity contribution in [1.29, 1.82) is 0 Å². The van der Waals surface area contributed by atoms with Crippen LogP contribution in [0.25, 0.3) is 0 Å². The predicted octanol–water partition coefficient (Wildman–Crippen LogP) is 2.91. The Hall–Kier alpha value is -2.38. The highest BCUT2D eigenvalue weighted by Crippen LogP contribution is 2.21. The van der Waals surface area contributed by atoms with Crippen LogP contribution in [-0.4, -0.2) is 38.3 Å². The zero-order chi connectivity index (χ0) is 18.4. The van der Waals surface area contributed by atoms with Gasteiger partial charge in [0, 0.05) is 24.5 Å². The van der Waals surface area contributed by atoms with Crippen molar-refractivity contribution in [2.75, 3.05) is 30.3 Å². The summed E-state index contributed by atoms with van der Waals surface area (Å²) in [6.07, 6.45) is 2.91. The highest BCUT2D eigenvalue weighted by Gasteiger charge is 2.25. The summed E-state index contributed by atoms with van der Waals surface area (Å²) in [7, 11) is -3.42. The highest BCUT2D eigenvalue weighted by atomic mass is 32.2. The molecule has 1 saturated heterocycles. The van der Waals surface area contributed by atoms with Crippen molar-refractivity contribution in [2.24, 2.45) is 0 Å². The molecule has 1 aliphatic heterocycles. The number of para-hydroxylation sites is 1. The van der Waals surface area contributed by atoms with E-state index >= 15 is 0 Å². The molecule has 26 heavy (non-hydrogen) atoms. The van der Waals surface area contributed by atoms with Crippen molar-refractivity contribution >= 4 is 27.3 Å². The lowest BCUT2D eigenvalue weighted by molar-refractivity contribution is -0.114. The Morgan fingerprint density at radius 3 is 2.19 bits per heavy atom. The minimum Gasteiger partial charge on any atom is -0.376 e. The third kappa shape index (κ3) is 4.62. The van der Waals surface area contributed by atoms with Crippen LogP contribution in [0.2, 0.25) is 0 Å². The van der Waals surface area contributed by atoms with E-state index in [1.165, 1.54) is 0 Å². The molecule has 0 aromatic heterocycles. The topological polar surface area (TPSA) is 78.5 Å². The van der Waals surface area contributed by atoms with Crippen LogP contribution < -0.4 is 10.6 Å². The first-order valence-electron chi connectivity index (χ1n) is 8.75. The van der Waals surface area contributed by atoms with Crippen molar-refractivity contribution in [1.82, 2.24) is 4.31 Å². The number of hydrogen-bond donors (Lipinski definition) is 2. The van der Waals surface area contributed by atoms with Crippen LogP contribution in [0.5, 0.6) is 0 Å². The van der Waals surface area contributed by atoms with Crippen molar-refractivity contribution in [3.63, 3.8) is 0 Å². The number of benzene rings is 2. The van der Waals surface area contributed by atoms with Gasteiger partial charge in [-0.05, 0) is 49.2 Å². The minimum atomic E-state index is -3.42. The van der Waals surface area contributed by atoms with Crippen molar-refractivity contribution in [2.45, 2.75) is 24.2 Å². The first-order chi connectivity index (χ1) is 12.6. The maximum absolute atomic E-state index is 12.6. The monoisotopic (exact) mass is 373 g/mol. The molecule has 0 bridgehead atoms. The maximum Gasteiger partial charge on any atom is 0.243 e. The summed E-state index contributed by atoms with van der Waals surface area (Å²) in [4.78, 5) is 12.2. The summed E-state index contributed by atoms with van der Waals surface area (Å²) in [6, 6.07) is 15.8. The first-order valence-corrected chi connectivity index (χ1v) is 10.2. The Morgan fingerprint density at radius 1 is 0.885 bits per heavy atom. The molecule has 0 unspecified atom stereocenters. The lowest BCUT2D eigenvalue weighted by Crippen LogP contribution is -2.35. The third-order valence-corrected chi connectivity index (χ3v) is 6.23. The van der Waals surface area contributed by atoms with E-state index in [-0.39, 0.29) is 12.5 Å². The van der Waals surface area contributed by atoms with Gasteiger partial charge in [0.1, 0.15) is 0 Å². The number of hydrogen-bond acceptors (Lipinski definition) is 4. The molecule has 1 amide bonds. The number of nitrogens with zero attached hydrogens (tertiary/aromatic N) is 1. The largest absolute Gasteiger partial charge is 0.376 e. The van der Waals surface area contributed by atoms with Crippen LogP contribution in [0.4, 0.5) is 11.4 Å². The third-order valence-electron chi connectivity index (χ3n) is 4.32. The van der Waals surface area contributed by atoms with Gasteiger partial charge in [-0.3, -0.25) is 4.79 Å². The normalized spacial score (nSPS) is 15.4. The lowest BCUT2D eigenvalue weighted by atomic mass is 10.2. The molecule has 2 aromatic carbocycles. The van der Waals surface area contributed by atoms with E-state index in [9.17, 15) is 13.2 Å². The molecule has 0 radical (unpaired) electrons. The van der Waals surface area contributed by atoms with Crippen molar-refractivity contribution < 1.29 is 13.2 Å². The predicted molar refractivity (Wildman–Crippen MR) is 103 cm³/mol. The number of piperidine rings is 1. The molecule has 2 N–H and O–H groups in total. The van der Waals surface area contributed by atoms with E-state index in [0.29, 0.717) is 23.7 Å². The van der Waals surface area contributed by atoms with Crippen LogP contribution in [0.1, 0.15) is 19.3 Å². The first kappa shape index (κ1) is 18.4. The molecule has 3 rings (SSSR count). The Balaban J connectivity index is 1.56. The SMILES string of the molecule is O=C(CNc1ccc(S(=O)(=O)N2CCCCC2)cc1)Nc1ccccc1. The number of rotatable bonds is 6.